The molecular formula is C12H25NO2. The Morgan fingerprint density at radius 1 is 1.53 bits per heavy atom. The SMILES string of the molecule is CCC1CCCC(O)(CNCCOC)C1. The van der Waals surface area contributed by atoms with Crippen LogP contribution in [-0.4, -0.2) is 37.5 Å². The summed E-state index contributed by atoms with van der Waals surface area (Å²) >= 11 is 0. The van der Waals surface area contributed by atoms with E-state index in [4.69, 9.17) is 4.74 Å². The lowest BCUT2D eigenvalue weighted by molar-refractivity contribution is -0.0161. The first kappa shape index (κ1) is 12.9. The van der Waals surface area contributed by atoms with Gasteiger partial charge >= 0.3 is 0 Å². The van der Waals surface area contributed by atoms with Crippen molar-refractivity contribution in [2.24, 2.45) is 5.92 Å². The third-order valence-corrected chi connectivity index (χ3v) is 3.44. The van der Waals surface area contributed by atoms with Crippen molar-refractivity contribution in [2.75, 3.05) is 26.8 Å². The Morgan fingerprint density at radius 3 is 3.00 bits per heavy atom. The lowest BCUT2D eigenvalue weighted by Crippen LogP contribution is -2.45. The van der Waals surface area contributed by atoms with Crippen LogP contribution in [0.15, 0.2) is 0 Å². The van der Waals surface area contributed by atoms with Gasteiger partial charge in [0.1, 0.15) is 0 Å². The van der Waals surface area contributed by atoms with Gasteiger partial charge in [-0.05, 0) is 18.8 Å². The molecule has 0 spiro atoms. The number of hydrogen-bond donors (Lipinski definition) is 2. The zero-order chi connectivity index (χ0) is 11.1. The van der Waals surface area contributed by atoms with Crippen molar-refractivity contribution in [3.63, 3.8) is 0 Å². The third kappa shape index (κ3) is 4.49. The lowest BCUT2D eigenvalue weighted by Gasteiger charge is -2.36. The first-order chi connectivity index (χ1) is 7.20. The normalized spacial score (nSPS) is 31.8. The second kappa shape index (κ2) is 6.46. The highest BCUT2D eigenvalue weighted by Gasteiger charge is 2.32. The van der Waals surface area contributed by atoms with E-state index >= 15 is 0 Å². The Balaban J connectivity index is 2.24. The van der Waals surface area contributed by atoms with Crippen molar-refractivity contribution in [2.45, 2.75) is 44.6 Å². The minimum Gasteiger partial charge on any atom is -0.389 e. The minimum absolute atomic E-state index is 0.466. The Hall–Kier alpha value is -0.120. The topological polar surface area (TPSA) is 41.5 Å². The molecule has 0 aromatic carbocycles. The van der Waals surface area contributed by atoms with Gasteiger partial charge in [0, 0.05) is 20.2 Å². The second-order valence-corrected chi connectivity index (χ2v) is 4.76. The molecule has 0 bridgehead atoms. The fraction of sp³-hybridized carbons (Fsp3) is 1.00. The molecule has 0 aromatic rings. The van der Waals surface area contributed by atoms with Crippen molar-refractivity contribution in [3.05, 3.63) is 0 Å². The molecule has 0 saturated heterocycles. The van der Waals surface area contributed by atoms with Crippen LogP contribution in [0.1, 0.15) is 39.0 Å². The van der Waals surface area contributed by atoms with Crippen LogP contribution in [0.5, 0.6) is 0 Å². The van der Waals surface area contributed by atoms with Crippen molar-refractivity contribution in [3.8, 4) is 0 Å². The van der Waals surface area contributed by atoms with Crippen LogP contribution in [-0.2, 0) is 4.74 Å². The summed E-state index contributed by atoms with van der Waals surface area (Å²) in [5.41, 5.74) is -0.466. The Morgan fingerprint density at radius 2 is 2.33 bits per heavy atom. The fourth-order valence-electron chi connectivity index (χ4n) is 2.47. The van der Waals surface area contributed by atoms with Gasteiger partial charge in [-0.25, -0.2) is 0 Å². The monoisotopic (exact) mass is 215 g/mol. The summed E-state index contributed by atoms with van der Waals surface area (Å²) in [6.07, 6.45) is 5.56. The van der Waals surface area contributed by atoms with Crippen LogP contribution in [0.4, 0.5) is 0 Å². The largest absolute Gasteiger partial charge is 0.389 e. The van der Waals surface area contributed by atoms with Crippen LogP contribution >= 0.6 is 0 Å². The van der Waals surface area contributed by atoms with E-state index in [-0.39, 0.29) is 0 Å². The van der Waals surface area contributed by atoms with Gasteiger partial charge in [-0.1, -0.05) is 26.2 Å². The van der Waals surface area contributed by atoms with Crippen molar-refractivity contribution in [1.29, 1.82) is 0 Å². The molecule has 1 aliphatic rings. The minimum atomic E-state index is -0.466. The maximum absolute atomic E-state index is 10.4. The molecular weight excluding hydrogens is 190 g/mol. The molecule has 1 aliphatic carbocycles. The van der Waals surface area contributed by atoms with Crippen molar-refractivity contribution < 1.29 is 9.84 Å². The third-order valence-electron chi connectivity index (χ3n) is 3.44. The summed E-state index contributed by atoms with van der Waals surface area (Å²) in [6.45, 7) is 4.48. The van der Waals surface area contributed by atoms with Crippen LogP contribution in [0.25, 0.3) is 0 Å². The molecule has 0 amide bonds. The van der Waals surface area contributed by atoms with Gasteiger partial charge in [-0.15, -0.1) is 0 Å². The average molecular weight is 215 g/mol. The summed E-state index contributed by atoms with van der Waals surface area (Å²) in [5, 5.41) is 13.6. The number of ether oxygens (including phenoxy) is 1. The van der Waals surface area contributed by atoms with Gasteiger partial charge in [0.25, 0.3) is 0 Å². The number of rotatable bonds is 6. The number of hydrogen-bond acceptors (Lipinski definition) is 3. The molecule has 90 valence electrons. The summed E-state index contributed by atoms with van der Waals surface area (Å²) in [7, 11) is 1.70. The Labute approximate surface area is 93.2 Å². The van der Waals surface area contributed by atoms with Gasteiger partial charge in [0.05, 0.1) is 12.2 Å². The van der Waals surface area contributed by atoms with E-state index < -0.39 is 5.60 Å². The van der Waals surface area contributed by atoms with E-state index in [1.807, 2.05) is 0 Å². The smallest absolute Gasteiger partial charge is 0.0774 e. The van der Waals surface area contributed by atoms with Gasteiger partial charge in [0.2, 0.25) is 0 Å². The van der Waals surface area contributed by atoms with E-state index in [9.17, 15) is 5.11 Å². The molecule has 1 saturated carbocycles. The summed E-state index contributed by atoms with van der Waals surface area (Å²) < 4.78 is 4.96. The van der Waals surface area contributed by atoms with Crippen molar-refractivity contribution in [1.82, 2.24) is 5.32 Å². The zero-order valence-corrected chi connectivity index (χ0v) is 10.1. The van der Waals surface area contributed by atoms with Crippen LogP contribution in [0.2, 0.25) is 0 Å². The van der Waals surface area contributed by atoms with Crippen LogP contribution in [0.3, 0.4) is 0 Å². The molecule has 0 aromatic heterocycles. The summed E-state index contributed by atoms with van der Waals surface area (Å²) in [6, 6.07) is 0. The highest BCUT2D eigenvalue weighted by Crippen LogP contribution is 2.33. The van der Waals surface area contributed by atoms with E-state index in [0.29, 0.717) is 19.1 Å². The number of nitrogens with one attached hydrogen (secondary N) is 1. The lowest BCUT2D eigenvalue weighted by atomic mass is 9.77. The van der Waals surface area contributed by atoms with Crippen molar-refractivity contribution >= 4 is 0 Å². The maximum atomic E-state index is 10.4. The molecule has 2 atom stereocenters. The first-order valence-corrected chi connectivity index (χ1v) is 6.12. The number of aliphatic hydroxyl groups is 1. The van der Waals surface area contributed by atoms with Crippen LogP contribution < -0.4 is 5.32 Å². The quantitative estimate of drug-likeness (QED) is 0.661. The molecule has 1 rings (SSSR count). The Bertz CT molecular complexity index is 175. The van der Waals surface area contributed by atoms with E-state index in [1.165, 1.54) is 19.3 Å². The maximum Gasteiger partial charge on any atom is 0.0774 e. The molecule has 3 nitrogen and oxygen atoms in total. The fourth-order valence-corrected chi connectivity index (χ4v) is 2.47. The standard InChI is InChI=1S/C12H25NO2/c1-3-11-5-4-6-12(14,9-11)10-13-7-8-15-2/h11,13-14H,3-10H2,1-2H3. The highest BCUT2D eigenvalue weighted by atomic mass is 16.5. The molecule has 2 unspecified atom stereocenters. The van der Waals surface area contributed by atoms with Crippen LogP contribution in [0, 0.1) is 5.92 Å². The molecule has 1 fully saturated rings. The molecule has 15 heavy (non-hydrogen) atoms. The molecule has 0 radical (unpaired) electrons. The van der Waals surface area contributed by atoms with Gasteiger partial charge < -0.3 is 15.2 Å². The van der Waals surface area contributed by atoms with Gasteiger partial charge in [-0.2, -0.15) is 0 Å². The highest BCUT2D eigenvalue weighted by molar-refractivity contribution is 4.87. The van der Waals surface area contributed by atoms with E-state index in [1.54, 1.807) is 7.11 Å². The van der Waals surface area contributed by atoms with Gasteiger partial charge in [0.15, 0.2) is 0 Å². The second-order valence-electron chi connectivity index (χ2n) is 4.76. The number of methoxy groups -OCH3 is 1. The summed E-state index contributed by atoms with van der Waals surface area (Å²) in [5.74, 6) is 0.716. The molecule has 3 heteroatoms. The van der Waals surface area contributed by atoms with E-state index in [2.05, 4.69) is 12.2 Å². The first-order valence-electron chi connectivity index (χ1n) is 6.12. The predicted octanol–water partition coefficient (Wildman–Crippen LogP) is 1.55. The molecule has 0 heterocycles. The average Bonchev–Trinajstić information content (AvgIpc) is 2.24. The predicted molar refractivity (Wildman–Crippen MR) is 61.9 cm³/mol. The van der Waals surface area contributed by atoms with E-state index in [0.717, 1.165) is 19.4 Å². The van der Waals surface area contributed by atoms with Gasteiger partial charge in [-0.3, -0.25) is 0 Å². The summed E-state index contributed by atoms with van der Waals surface area (Å²) in [4.78, 5) is 0. The molecule has 2 N–H and O–H groups in total. The Kier molecular flexibility index (Phi) is 5.58. The zero-order valence-electron chi connectivity index (χ0n) is 10.1. The molecule has 0 aliphatic heterocycles.